The molecule has 8 heteroatoms. The predicted octanol–water partition coefficient (Wildman–Crippen LogP) is 4.07. The summed E-state index contributed by atoms with van der Waals surface area (Å²) in [6.45, 7) is 1.75. The van der Waals surface area contributed by atoms with Crippen LogP contribution in [0.1, 0.15) is 60.3 Å². The molecule has 0 saturated heterocycles. The number of phenolic OH excluding ortho intramolecular Hbond substituents is 1. The van der Waals surface area contributed by atoms with Gasteiger partial charge in [-0.15, -0.1) is 17.5 Å². The van der Waals surface area contributed by atoms with Crippen LogP contribution in [-0.4, -0.2) is 43.9 Å². The number of methoxy groups -OCH3 is 1. The third-order valence-electron chi connectivity index (χ3n) is 6.48. The van der Waals surface area contributed by atoms with Gasteiger partial charge in [0.05, 0.1) is 19.2 Å². The second-order valence-electron chi connectivity index (χ2n) is 8.24. The van der Waals surface area contributed by atoms with Gasteiger partial charge in [0.2, 0.25) is 0 Å². The Morgan fingerprint density at radius 2 is 1.87 bits per heavy atom. The van der Waals surface area contributed by atoms with E-state index in [2.05, 4.69) is 44.7 Å². The topological polar surface area (TPSA) is 76.3 Å². The van der Waals surface area contributed by atoms with Crippen molar-refractivity contribution in [3.05, 3.63) is 65.0 Å². The van der Waals surface area contributed by atoms with E-state index in [9.17, 15) is 5.11 Å². The van der Waals surface area contributed by atoms with Crippen molar-refractivity contribution in [3.8, 4) is 11.5 Å². The summed E-state index contributed by atoms with van der Waals surface area (Å²) in [4.78, 5) is 2.44. The zero-order chi connectivity index (χ0) is 20.5. The highest BCUT2D eigenvalue weighted by Gasteiger charge is 2.33. The summed E-state index contributed by atoms with van der Waals surface area (Å²) in [6, 6.07) is 14.4. The maximum absolute atomic E-state index is 10.1. The van der Waals surface area contributed by atoms with Gasteiger partial charge in [-0.05, 0) is 58.5 Å². The van der Waals surface area contributed by atoms with Crippen molar-refractivity contribution in [2.45, 2.75) is 50.7 Å². The molecule has 1 unspecified atom stereocenters. The molecule has 0 spiro atoms. The first-order chi connectivity index (χ1) is 14.7. The molecule has 1 atom stereocenters. The SMILES string of the molecule is COc1cc(C(c2nnnn2C2CCCC2)N2CCc3ccccc3C2)ccc1O.Cl. The smallest absolute Gasteiger partial charge is 0.173 e. The van der Waals surface area contributed by atoms with Gasteiger partial charge >= 0.3 is 0 Å². The molecule has 5 rings (SSSR count). The van der Waals surface area contributed by atoms with Gasteiger partial charge in [-0.25, -0.2) is 4.68 Å². The summed E-state index contributed by atoms with van der Waals surface area (Å²) in [5.74, 6) is 1.48. The first-order valence-electron chi connectivity index (χ1n) is 10.7. The van der Waals surface area contributed by atoms with Gasteiger partial charge in [0.1, 0.15) is 0 Å². The highest BCUT2D eigenvalue weighted by molar-refractivity contribution is 5.85. The minimum absolute atomic E-state index is 0. The number of tetrazole rings is 1. The van der Waals surface area contributed by atoms with Gasteiger partial charge in [-0.1, -0.05) is 43.2 Å². The molecule has 3 aromatic rings. The van der Waals surface area contributed by atoms with E-state index in [1.807, 2.05) is 16.8 Å². The van der Waals surface area contributed by atoms with Crippen molar-refractivity contribution in [2.24, 2.45) is 0 Å². The van der Waals surface area contributed by atoms with E-state index in [-0.39, 0.29) is 24.2 Å². The summed E-state index contributed by atoms with van der Waals surface area (Å²) in [5, 5.41) is 23.1. The quantitative estimate of drug-likeness (QED) is 0.643. The molecule has 0 amide bonds. The number of ether oxygens (including phenoxy) is 1. The van der Waals surface area contributed by atoms with Gasteiger partial charge in [0, 0.05) is 13.1 Å². The minimum Gasteiger partial charge on any atom is -0.504 e. The van der Waals surface area contributed by atoms with Gasteiger partial charge < -0.3 is 9.84 Å². The van der Waals surface area contributed by atoms with Crippen LogP contribution in [0, 0.1) is 0 Å². The fourth-order valence-electron chi connectivity index (χ4n) is 4.91. The van der Waals surface area contributed by atoms with Crippen molar-refractivity contribution < 1.29 is 9.84 Å². The standard InChI is InChI=1S/C23H27N5O2.ClH/c1-30-21-14-17(10-11-20(21)29)22(23-24-25-26-28(23)19-8-4-5-9-19)27-13-12-16-6-2-3-7-18(16)15-27;/h2-3,6-7,10-11,14,19,22,29H,4-5,8-9,12-13,15H2,1H3;1H. The van der Waals surface area contributed by atoms with Gasteiger partial charge in [-0.3, -0.25) is 4.90 Å². The molecule has 2 heterocycles. The van der Waals surface area contributed by atoms with Gasteiger partial charge in [-0.2, -0.15) is 0 Å². The maximum Gasteiger partial charge on any atom is 0.173 e. The molecule has 0 radical (unpaired) electrons. The Bertz CT molecular complexity index is 1030. The molecule has 2 aromatic carbocycles. The number of nitrogens with zero attached hydrogens (tertiary/aromatic N) is 5. The van der Waals surface area contributed by atoms with Crippen LogP contribution >= 0.6 is 12.4 Å². The number of halogens is 1. The van der Waals surface area contributed by atoms with Crippen molar-refractivity contribution in [1.82, 2.24) is 25.1 Å². The molecule has 1 N–H and O–H groups in total. The van der Waals surface area contributed by atoms with Crippen LogP contribution in [0.4, 0.5) is 0 Å². The van der Waals surface area contributed by atoms with Crippen LogP contribution in [-0.2, 0) is 13.0 Å². The number of aromatic nitrogens is 4. The average Bonchev–Trinajstić information content (AvgIpc) is 3.47. The summed E-state index contributed by atoms with van der Waals surface area (Å²) in [5.41, 5.74) is 3.78. The zero-order valence-electron chi connectivity index (χ0n) is 17.6. The minimum atomic E-state index is -0.108. The lowest BCUT2D eigenvalue weighted by Crippen LogP contribution is -2.36. The van der Waals surface area contributed by atoms with Crippen molar-refractivity contribution >= 4 is 12.4 Å². The molecule has 1 aromatic heterocycles. The van der Waals surface area contributed by atoms with E-state index in [0.29, 0.717) is 11.8 Å². The second kappa shape index (κ2) is 9.24. The zero-order valence-corrected chi connectivity index (χ0v) is 18.5. The van der Waals surface area contributed by atoms with Crippen LogP contribution in [0.15, 0.2) is 42.5 Å². The molecular formula is C23H28ClN5O2. The van der Waals surface area contributed by atoms with Crippen molar-refractivity contribution in [2.75, 3.05) is 13.7 Å². The first-order valence-corrected chi connectivity index (χ1v) is 10.7. The molecule has 0 bridgehead atoms. The lowest BCUT2D eigenvalue weighted by Gasteiger charge is -2.35. The highest BCUT2D eigenvalue weighted by atomic mass is 35.5. The van der Waals surface area contributed by atoms with E-state index >= 15 is 0 Å². The number of benzene rings is 2. The molecular weight excluding hydrogens is 414 g/mol. The molecule has 7 nitrogen and oxygen atoms in total. The van der Waals surface area contributed by atoms with Crippen LogP contribution in [0.25, 0.3) is 0 Å². The van der Waals surface area contributed by atoms with Crippen molar-refractivity contribution in [1.29, 1.82) is 0 Å². The molecule has 1 aliphatic carbocycles. The number of hydrogen-bond acceptors (Lipinski definition) is 6. The second-order valence-corrected chi connectivity index (χ2v) is 8.24. The Kier molecular flexibility index (Phi) is 6.43. The van der Waals surface area contributed by atoms with Crippen LogP contribution in [0.2, 0.25) is 0 Å². The third-order valence-corrected chi connectivity index (χ3v) is 6.48. The van der Waals surface area contributed by atoms with E-state index in [1.165, 1.54) is 24.0 Å². The van der Waals surface area contributed by atoms with Gasteiger partial charge in [0.15, 0.2) is 17.3 Å². The molecule has 31 heavy (non-hydrogen) atoms. The fraction of sp³-hybridized carbons (Fsp3) is 0.435. The van der Waals surface area contributed by atoms with Crippen LogP contribution in [0.3, 0.4) is 0 Å². The van der Waals surface area contributed by atoms with E-state index in [4.69, 9.17) is 4.74 Å². The number of fused-ring (bicyclic) bond motifs is 1. The molecule has 1 aliphatic heterocycles. The Balaban J connectivity index is 0.00000231. The maximum atomic E-state index is 10.1. The molecule has 164 valence electrons. The van der Waals surface area contributed by atoms with Gasteiger partial charge in [0.25, 0.3) is 0 Å². The predicted molar refractivity (Wildman–Crippen MR) is 120 cm³/mol. The summed E-state index contributed by atoms with van der Waals surface area (Å²) in [6.07, 6.45) is 5.67. The lowest BCUT2D eigenvalue weighted by atomic mass is 9.95. The average molecular weight is 442 g/mol. The number of rotatable bonds is 5. The normalized spacial score (nSPS) is 17.7. The van der Waals surface area contributed by atoms with E-state index in [1.54, 1.807) is 13.2 Å². The molecule has 1 saturated carbocycles. The summed E-state index contributed by atoms with van der Waals surface area (Å²) in [7, 11) is 1.58. The summed E-state index contributed by atoms with van der Waals surface area (Å²) < 4.78 is 7.44. The van der Waals surface area contributed by atoms with Crippen molar-refractivity contribution in [3.63, 3.8) is 0 Å². The Hall–Kier alpha value is -2.64. The molecule has 2 aliphatic rings. The monoisotopic (exact) mass is 441 g/mol. The largest absolute Gasteiger partial charge is 0.504 e. The van der Waals surface area contributed by atoms with Crippen LogP contribution < -0.4 is 4.74 Å². The van der Waals surface area contributed by atoms with E-state index < -0.39 is 0 Å². The first kappa shape index (κ1) is 21.6. The van der Waals surface area contributed by atoms with Crippen LogP contribution in [0.5, 0.6) is 11.5 Å². The Morgan fingerprint density at radius 3 is 2.65 bits per heavy atom. The highest BCUT2D eigenvalue weighted by Crippen LogP contribution is 2.38. The Morgan fingerprint density at radius 1 is 1.10 bits per heavy atom. The van der Waals surface area contributed by atoms with E-state index in [0.717, 1.165) is 43.7 Å². The number of hydrogen-bond donors (Lipinski definition) is 1. The number of aromatic hydroxyl groups is 1. The molecule has 1 fully saturated rings. The lowest BCUT2D eigenvalue weighted by molar-refractivity contribution is 0.191. The Labute approximate surface area is 188 Å². The summed E-state index contributed by atoms with van der Waals surface area (Å²) >= 11 is 0. The number of phenols is 1. The third kappa shape index (κ3) is 4.12. The fourth-order valence-corrected chi connectivity index (χ4v) is 4.91.